The van der Waals surface area contributed by atoms with Crippen molar-refractivity contribution in [3.63, 3.8) is 0 Å². The Morgan fingerprint density at radius 3 is 2.69 bits per heavy atom. The van der Waals surface area contributed by atoms with Crippen LogP contribution in [0.15, 0.2) is 28.7 Å². The maximum absolute atomic E-state index is 8.07. The van der Waals surface area contributed by atoms with Crippen LogP contribution in [0, 0.1) is 5.41 Å². The molecule has 0 unspecified atom stereocenters. The fourth-order valence-corrected chi connectivity index (χ4v) is 2.19. The molecule has 3 nitrogen and oxygen atoms in total. The Bertz CT molecular complexity index is 375. The molecule has 0 aromatic heterocycles. The van der Waals surface area contributed by atoms with Gasteiger partial charge >= 0.3 is 0 Å². The lowest BCUT2D eigenvalue weighted by molar-refractivity contribution is 0.0670. The Hall–Kier alpha value is -0.870. The van der Waals surface area contributed by atoms with Gasteiger partial charge in [0.25, 0.3) is 0 Å². The molecule has 1 aromatic carbocycles. The zero-order valence-electron chi connectivity index (χ0n) is 9.08. The third-order valence-electron chi connectivity index (χ3n) is 2.71. The van der Waals surface area contributed by atoms with E-state index < -0.39 is 0 Å². The smallest absolute Gasteiger partial charge is 0.100 e. The van der Waals surface area contributed by atoms with E-state index in [-0.39, 0.29) is 0 Å². The SMILES string of the molecule is N=C(Cc1ccccc1Br)N1CCOCC1. The van der Waals surface area contributed by atoms with Crippen LogP contribution >= 0.6 is 15.9 Å². The molecule has 1 aliphatic rings. The van der Waals surface area contributed by atoms with Crippen molar-refractivity contribution in [2.75, 3.05) is 26.3 Å². The zero-order valence-corrected chi connectivity index (χ0v) is 10.7. The minimum absolute atomic E-state index is 0.676. The first-order valence-corrected chi connectivity index (χ1v) is 6.20. The molecule has 4 heteroatoms. The lowest BCUT2D eigenvalue weighted by atomic mass is 10.1. The van der Waals surface area contributed by atoms with Crippen molar-refractivity contribution in [2.45, 2.75) is 6.42 Å². The van der Waals surface area contributed by atoms with Gasteiger partial charge in [0.1, 0.15) is 5.84 Å². The van der Waals surface area contributed by atoms with Gasteiger partial charge in [-0.2, -0.15) is 0 Å². The van der Waals surface area contributed by atoms with E-state index in [0.29, 0.717) is 12.3 Å². The van der Waals surface area contributed by atoms with Gasteiger partial charge in [-0.1, -0.05) is 34.1 Å². The van der Waals surface area contributed by atoms with Crippen molar-refractivity contribution in [3.8, 4) is 0 Å². The summed E-state index contributed by atoms with van der Waals surface area (Å²) in [5.41, 5.74) is 1.17. The summed E-state index contributed by atoms with van der Waals surface area (Å²) < 4.78 is 6.35. The molecule has 16 heavy (non-hydrogen) atoms. The summed E-state index contributed by atoms with van der Waals surface area (Å²) in [6, 6.07) is 8.07. The highest BCUT2D eigenvalue weighted by atomic mass is 79.9. The number of ether oxygens (including phenoxy) is 1. The second kappa shape index (κ2) is 5.46. The van der Waals surface area contributed by atoms with Gasteiger partial charge in [-0.05, 0) is 11.6 Å². The molecule has 1 heterocycles. The van der Waals surface area contributed by atoms with E-state index in [2.05, 4.69) is 26.9 Å². The molecule has 0 amide bonds. The Labute approximate surface area is 104 Å². The van der Waals surface area contributed by atoms with Crippen LogP contribution in [0.4, 0.5) is 0 Å². The first-order chi connectivity index (χ1) is 7.77. The molecule has 1 aromatic rings. The van der Waals surface area contributed by atoms with E-state index in [4.69, 9.17) is 10.1 Å². The maximum atomic E-state index is 8.07. The van der Waals surface area contributed by atoms with Crippen LogP contribution in [0.5, 0.6) is 0 Å². The monoisotopic (exact) mass is 282 g/mol. The number of morpholine rings is 1. The number of hydrogen-bond acceptors (Lipinski definition) is 2. The molecule has 86 valence electrons. The molecule has 1 fully saturated rings. The zero-order chi connectivity index (χ0) is 11.4. The molecule has 1 N–H and O–H groups in total. The largest absolute Gasteiger partial charge is 0.378 e. The van der Waals surface area contributed by atoms with Crippen molar-refractivity contribution in [1.29, 1.82) is 5.41 Å². The number of hydrogen-bond donors (Lipinski definition) is 1. The van der Waals surface area contributed by atoms with Crippen molar-refractivity contribution in [2.24, 2.45) is 0 Å². The predicted octanol–water partition coefficient (Wildman–Crippen LogP) is 2.30. The topological polar surface area (TPSA) is 36.3 Å². The third-order valence-corrected chi connectivity index (χ3v) is 3.48. The maximum Gasteiger partial charge on any atom is 0.100 e. The van der Waals surface area contributed by atoms with Crippen molar-refractivity contribution < 1.29 is 4.74 Å². The molecule has 0 atom stereocenters. The van der Waals surface area contributed by atoms with Gasteiger partial charge in [0.05, 0.1) is 13.2 Å². The van der Waals surface area contributed by atoms with E-state index in [0.717, 1.165) is 30.8 Å². The highest BCUT2D eigenvalue weighted by Gasteiger charge is 2.14. The Balaban J connectivity index is 1.99. The summed E-state index contributed by atoms with van der Waals surface area (Å²) in [7, 11) is 0. The standard InChI is InChI=1S/C12H15BrN2O/c13-11-4-2-1-3-10(11)9-12(14)15-5-7-16-8-6-15/h1-4,14H,5-9H2. The third kappa shape index (κ3) is 2.83. The van der Waals surface area contributed by atoms with Crippen LogP contribution in [0.2, 0.25) is 0 Å². The minimum Gasteiger partial charge on any atom is -0.378 e. The fraction of sp³-hybridized carbons (Fsp3) is 0.417. The molecular formula is C12H15BrN2O. The lowest BCUT2D eigenvalue weighted by Gasteiger charge is -2.29. The van der Waals surface area contributed by atoms with Crippen molar-refractivity contribution in [3.05, 3.63) is 34.3 Å². The van der Waals surface area contributed by atoms with Gasteiger partial charge in [-0.15, -0.1) is 0 Å². The van der Waals surface area contributed by atoms with Crippen LogP contribution in [-0.2, 0) is 11.2 Å². The summed E-state index contributed by atoms with van der Waals surface area (Å²) >= 11 is 3.51. The molecule has 0 radical (unpaired) electrons. The van der Waals surface area contributed by atoms with Crippen LogP contribution < -0.4 is 0 Å². The second-order valence-corrected chi connectivity index (χ2v) is 4.67. The van der Waals surface area contributed by atoms with Gasteiger partial charge in [0, 0.05) is 24.0 Å². The minimum atomic E-state index is 0.676. The highest BCUT2D eigenvalue weighted by molar-refractivity contribution is 9.10. The molecule has 0 spiro atoms. The normalized spacial score (nSPS) is 16.2. The average molecular weight is 283 g/mol. The van der Waals surface area contributed by atoms with Gasteiger partial charge < -0.3 is 9.64 Å². The number of nitrogens with one attached hydrogen (secondary N) is 1. The Morgan fingerprint density at radius 2 is 2.00 bits per heavy atom. The summed E-state index contributed by atoms with van der Waals surface area (Å²) in [4.78, 5) is 2.09. The van der Waals surface area contributed by atoms with Crippen LogP contribution in [-0.4, -0.2) is 37.0 Å². The summed E-state index contributed by atoms with van der Waals surface area (Å²) in [5, 5.41) is 8.07. The second-order valence-electron chi connectivity index (χ2n) is 3.81. The molecule has 0 bridgehead atoms. The van der Waals surface area contributed by atoms with Gasteiger partial charge in [0.15, 0.2) is 0 Å². The van der Waals surface area contributed by atoms with E-state index in [1.807, 2.05) is 18.2 Å². The lowest BCUT2D eigenvalue weighted by Crippen LogP contribution is -2.41. The average Bonchev–Trinajstić information content (AvgIpc) is 2.33. The van der Waals surface area contributed by atoms with E-state index in [9.17, 15) is 0 Å². The molecule has 2 rings (SSSR count). The van der Waals surface area contributed by atoms with E-state index >= 15 is 0 Å². The van der Waals surface area contributed by atoms with Gasteiger partial charge in [-0.3, -0.25) is 5.41 Å². The fourth-order valence-electron chi connectivity index (χ4n) is 1.77. The number of rotatable bonds is 2. The van der Waals surface area contributed by atoms with E-state index in [1.54, 1.807) is 0 Å². The molecule has 0 aliphatic carbocycles. The number of halogens is 1. The van der Waals surface area contributed by atoms with E-state index in [1.165, 1.54) is 5.56 Å². The summed E-state index contributed by atoms with van der Waals surface area (Å²) in [5.74, 6) is 0.676. The predicted molar refractivity (Wildman–Crippen MR) is 68.0 cm³/mol. The molecular weight excluding hydrogens is 268 g/mol. The Kier molecular flexibility index (Phi) is 3.96. The molecule has 1 aliphatic heterocycles. The quantitative estimate of drug-likeness (QED) is 0.668. The first kappa shape index (κ1) is 11.6. The van der Waals surface area contributed by atoms with Crippen molar-refractivity contribution >= 4 is 21.8 Å². The molecule has 0 saturated carbocycles. The van der Waals surface area contributed by atoms with Crippen molar-refractivity contribution in [1.82, 2.24) is 4.90 Å². The summed E-state index contributed by atoms with van der Waals surface area (Å²) in [6.07, 6.45) is 0.682. The first-order valence-electron chi connectivity index (χ1n) is 5.41. The Morgan fingerprint density at radius 1 is 1.31 bits per heavy atom. The van der Waals surface area contributed by atoms with Crippen LogP contribution in [0.1, 0.15) is 5.56 Å². The number of nitrogens with zero attached hydrogens (tertiary/aromatic N) is 1. The molecule has 1 saturated heterocycles. The number of benzene rings is 1. The van der Waals surface area contributed by atoms with Crippen LogP contribution in [0.25, 0.3) is 0 Å². The highest BCUT2D eigenvalue weighted by Crippen LogP contribution is 2.17. The van der Waals surface area contributed by atoms with Gasteiger partial charge in [0.2, 0.25) is 0 Å². The van der Waals surface area contributed by atoms with Crippen LogP contribution in [0.3, 0.4) is 0 Å². The number of amidine groups is 1. The summed E-state index contributed by atoms with van der Waals surface area (Å²) in [6.45, 7) is 3.14. The van der Waals surface area contributed by atoms with Gasteiger partial charge in [-0.25, -0.2) is 0 Å².